The molecule has 2 rings (SSSR count). The van der Waals surface area contributed by atoms with E-state index in [0.717, 1.165) is 65.0 Å². The molecule has 2 saturated heterocycles. The maximum atomic E-state index is 8.99. The van der Waals surface area contributed by atoms with Crippen molar-refractivity contribution < 1.29 is 9.47 Å². The lowest BCUT2D eigenvalue weighted by Crippen LogP contribution is -2.49. The summed E-state index contributed by atoms with van der Waals surface area (Å²) in [6.45, 7) is 8.67. The molecule has 0 amide bonds. The Labute approximate surface area is 116 Å². The molecule has 0 aliphatic carbocycles. The van der Waals surface area contributed by atoms with Crippen LogP contribution in [-0.2, 0) is 9.47 Å². The van der Waals surface area contributed by atoms with Crippen molar-refractivity contribution in [2.45, 2.75) is 51.7 Å². The van der Waals surface area contributed by atoms with Crippen molar-refractivity contribution in [2.75, 3.05) is 32.8 Å². The van der Waals surface area contributed by atoms with Gasteiger partial charge in [-0.1, -0.05) is 6.42 Å². The summed E-state index contributed by atoms with van der Waals surface area (Å²) in [5.74, 6) is -0.301. The van der Waals surface area contributed by atoms with E-state index >= 15 is 0 Å². The number of unbranched alkanes of at least 4 members (excludes halogenated alkanes) is 1. The van der Waals surface area contributed by atoms with E-state index in [0.29, 0.717) is 0 Å². The Morgan fingerprint density at radius 3 is 2.68 bits per heavy atom. The van der Waals surface area contributed by atoms with Crippen LogP contribution < -0.4 is 0 Å². The molecular formula is C15H26N2O2. The molecular weight excluding hydrogens is 240 g/mol. The third kappa shape index (κ3) is 4.17. The molecule has 108 valence electrons. The molecule has 1 spiro atoms. The molecule has 2 fully saturated rings. The predicted molar refractivity (Wildman–Crippen MR) is 73.6 cm³/mol. The van der Waals surface area contributed by atoms with Crippen LogP contribution in [0, 0.1) is 16.7 Å². The predicted octanol–water partition coefficient (Wildman–Crippen LogP) is 2.55. The van der Waals surface area contributed by atoms with E-state index in [9.17, 15) is 0 Å². The second-order valence-electron chi connectivity index (χ2n) is 6.44. The highest BCUT2D eigenvalue weighted by Gasteiger charge is 2.40. The molecule has 0 unspecified atom stereocenters. The largest absolute Gasteiger partial charge is 0.346 e. The van der Waals surface area contributed by atoms with E-state index in [1.54, 1.807) is 0 Å². The van der Waals surface area contributed by atoms with Crippen LogP contribution in [0.3, 0.4) is 0 Å². The van der Waals surface area contributed by atoms with Crippen LogP contribution in [0.5, 0.6) is 0 Å². The van der Waals surface area contributed by atoms with E-state index in [-0.39, 0.29) is 11.2 Å². The lowest BCUT2D eigenvalue weighted by atomic mass is 9.89. The minimum atomic E-state index is -0.301. The molecule has 4 nitrogen and oxygen atoms in total. The van der Waals surface area contributed by atoms with Gasteiger partial charge >= 0.3 is 0 Å². The van der Waals surface area contributed by atoms with Gasteiger partial charge in [-0.05, 0) is 46.2 Å². The van der Waals surface area contributed by atoms with Gasteiger partial charge in [-0.15, -0.1) is 0 Å². The van der Waals surface area contributed by atoms with Crippen LogP contribution >= 0.6 is 0 Å². The summed E-state index contributed by atoms with van der Waals surface area (Å²) in [6, 6.07) is 2.37. The first-order chi connectivity index (χ1) is 9.05. The number of likely N-dealkylation sites (tertiary alicyclic amines) is 1. The summed E-state index contributed by atoms with van der Waals surface area (Å²) in [7, 11) is 0. The lowest BCUT2D eigenvalue weighted by Gasteiger charge is -2.38. The molecule has 0 aromatic rings. The zero-order chi connectivity index (χ0) is 13.8. The van der Waals surface area contributed by atoms with E-state index in [1.807, 2.05) is 13.8 Å². The molecule has 0 radical (unpaired) electrons. The average molecular weight is 266 g/mol. The van der Waals surface area contributed by atoms with Crippen molar-refractivity contribution in [1.29, 1.82) is 5.26 Å². The van der Waals surface area contributed by atoms with Crippen molar-refractivity contribution in [3.8, 4) is 6.07 Å². The lowest BCUT2D eigenvalue weighted by molar-refractivity contribution is -0.189. The normalized spacial score (nSPS) is 23.6. The van der Waals surface area contributed by atoms with Crippen LogP contribution in [0.15, 0.2) is 0 Å². The van der Waals surface area contributed by atoms with Gasteiger partial charge in [0, 0.05) is 6.42 Å². The van der Waals surface area contributed by atoms with Crippen LogP contribution in [0.2, 0.25) is 0 Å². The van der Waals surface area contributed by atoms with E-state index < -0.39 is 0 Å². The van der Waals surface area contributed by atoms with E-state index in [4.69, 9.17) is 14.7 Å². The molecule has 4 heteroatoms. The van der Waals surface area contributed by atoms with Gasteiger partial charge in [-0.25, -0.2) is 0 Å². The van der Waals surface area contributed by atoms with Crippen LogP contribution in [0.4, 0.5) is 0 Å². The summed E-state index contributed by atoms with van der Waals surface area (Å²) in [5.41, 5.74) is -0.180. The van der Waals surface area contributed by atoms with Crippen LogP contribution in [-0.4, -0.2) is 43.5 Å². The van der Waals surface area contributed by atoms with Gasteiger partial charge in [0.1, 0.15) is 0 Å². The molecule has 0 atom stereocenters. The van der Waals surface area contributed by atoms with Gasteiger partial charge in [0.05, 0.1) is 31.2 Å². The highest BCUT2D eigenvalue weighted by molar-refractivity contribution is 4.91. The van der Waals surface area contributed by atoms with Crippen LogP contribution in [0.25, 0.3) is 0 Å². The number of rotatable bonds is 5. The van der Waals surface area contributed by atoms with Crippen molar-refractivity contribution >= 4 is 0 Å². The topological polar surface area (TPSA) is 45.5 Å². The fourth-order valence-electron chi connectivity index (χ4n) is 2.95. The fourth-order valence-corrected chi connectivity index (χ4v) is 2.95. The van der Waals surface area contributed by atoms with Crippen molar-refractivity contribution in [3.63, 3.8) is 0 Å². The first-order valence-corrected chi connectivity index (χ1v) is 7.47. The third-order valence-electron chi connectivity index (χ3n) is 4.14. The second kappa shape index (κ2) is 6.21. The molecule has 19 heavy (non-hydrogen) atoms. The maximum Gasteiger partial charge on any atom is 0.181 e. The molecule has 0 bridgehead atoms. The number of nitrogens with zero attached hydrogens (tertiary/aromatic N) is 2. The highest BCUT2D eigenvalue weighted by Crippen LogP contribution is 2.30. The van der Waals surface area contributed by atoms with Crippen molar-refractivity contribution in [2.24, 2.45) is 5.41 Å². The number of piperidine rings is 1. The fraction of sp³-hybridized carbons (Fsp3) is 0.933. The Hall–Kier alpha value is -0.630. The average Bonchev–Trinajstić information content (AvgIpc) is 2.83. The minimum absolute atomic E-state index is 0.180. The zero-order valence-electron chi connectivity index (χ0n) is 12.3. The van der Waals surface area contributed by atoms with Crippen molar-refractivity contribution in [3.05, 3.63) is 0 Å². The molecule has 2 aliphatic rings. The number of nitriles is 1. The molecule has 0 aromatic heterocycles. The highest BCUT2D eigenvalue weighted by atomic mass is 16.7. The third-order valence-corrected chi connectivity index (χ3v) is 4.14. The molecule has 0 N–H and O–H groups in total. The second-order valence-corrected chi connectivity index (χ2v) is 6.44. The number of hydrogen-bond acceptors (Lipinski definition) is 4. The monoisotopic (exact) mass is 266 g/mol. The van der Waals surface area contributed by atoms with E-state index in [1.165, 1.54) is 0 Å². The van der Waals surface area contributed by atoms with Crippen molar-refractivity contribution in [1.82, 2.24) is 4.90 Å². The minimum Gasteiger partial charge on any atom is -0.346 e. The Balaban J connectivity index is 1.67. The molecule has 0 saturated carbocycles. The smallest absolute Gasteiger partial charge is 0.181 e. The standard InChI is InChI=1S/C15H26N2O2/c1-14(2,12-16)6-3-4-8-17-9-5-7-15(13-17)18-10-11-19-15/h3-11,13H2,1-2H3. The van der Waals surface area contributed by atoms with Gasteiger partial charge in [-0.2, -0.15) is 5.26 Å². The molecule has 2 aliphatic heterocycles. The summed E-state index contributed by atoms with van der Waals surface area (Å²) >= 11 is 0. The van der Waals surface area contributed by atoms with Gasteiger partial charge in [0.15, 0.2) is 5.79 Å². The van der Waals surface area contributed by atoms with Gasteiger partial charge in [0.2, 0.25) is 0 Å². The maximum absolute atomic E-state index is 8.99. The first kappa shape index (κ1) is 14.8. The Morgan fingerprint density at radius 1 is 1.26 bits per heavy atom. The van der Waals surface area contributed by atoms with E-state index in [2.05, 4.69) is 11.0 Å². The zero-order valence-corrected chi connectivity index (χ0v) is 12.3. The SMILES string of the molecule is CC(C)(C#N)CCCCN1CCCC2(C1)OCCO2. The quantitative estimate of drug-likeness (QED) is 0.717. The molecule has 0 aromatic carbocycles. The summed E-state index contributed by atoms with van der Waals surface area (Å²) in [5, 5.41) is 8.99. The van der Waals surface area contributed by atoms with Gasteiger partial charge in [-0.3, -0.25) is 4.90 Å². The summed E-state index contributed by atoms with van der Waals surface area (Å²) in [6.07, 6.45) is 5.44. The Kier molecular flexibility index (Phi) is 4.83. The molecule has 2 heterocycles. The number of ether oxygens (including phenoxy) is 2. The summed E-state index contributed by atoms with van der Waals surface area (Å²) < 4.78 is 11.6. The van der Waals surface area contributed by atoms with Gasteiger partial charge < -0.3 is 9.47 Å². The Morgan fingerprint density at radius 2 is 2.00 bits per heavy atom. The summed E-state index contributed by atoms with van der Waals surface area (Å²) in [4.78, 5) is 2.45. The Bertz CT molecular complexity index is 330. The first-order valence-electron chi connectivity index (χ1n) is 7.47. The van der Waals surface area contributed by atoms with Crippen LogP contribution in [0.1, 0.15) is 46.0 Å². The van der Waals surface area contributed by atoms with Gasteiger partial charge in [0.25, 0.3) is 0 Å². The number of hydrogen-bond donors (Lipinski definition) is 0.